The maximum atomic E-state index is 13.6. The molecule has 2 aromatic rings. The van der Waals surface area contributed by atoms with Crippen molar-refractivity contribution in [2.45, 2.75) is 50.1 Å². The third kappa shape index (κ3) is 4.68. The van der Waals surface area contributed by atoms with Crippen molar-refractivity contribution in [2.75, 3.05) is 6.54 Å². The molecule has 10 nitrogen and oxygen atoms in total. The van der Waals surface area contributed by atoms with Crippen molar-refractivity contribution in [3.05, 3.63) is 35.8 Å². The summed E-state index contributed by atoms with van der Waals surface area (Å²) in [6.07, 6.45) is -0.786. The van der Waals surface area contributed by atoms with E-state index in [0.29, 0.717) is 16.5 Å². The lowest BCUT2D eigenvalue weighted by molar-refractivity contribution is -0.147. The molecule has 0 saturated carbocycles. The fourth-order valence-corrected chi connectivity index (χ4v) is 3.82. The quantitative estimate of drug-likeness (QED) is 0.326. The SMILES string of the molecule is C[C@@H](O)[C@H](NC(=O)[C@@H]1[C@@H](O)CCN1C(=O)[C@@H](N)Cc1c[nH]c2ccc(F)cc12)C(=O)O. The summed E-state index contributed by atoms with van der Waals surface area (Å²) in [7, 11) is 0. The molecule has 0 unspecified atom stereocenters. The minimum absolute atomic E-state index is 0.0563. The van der Waals surface area contributed by atoms with E-state index >= 15 is 0 Å². The number of fused-ring (bicyclic) bond motifs is 1. The van der Waals surface area contributed by atoms with Gasteiger partial charge in [0.1, 0.15) is 11.9 Å². The van der Waals surface area contributed by atoms with E-state index in [1.807, 2.05) is 0 Å². The fourth-order valence-electron chi connectivity index (χ4n) is 3.82. The molecule has 0 spiro atoms. The Morgan fingerprint density at radius 2 is 2.10 bits per heavy atom. The van der Waals surface area contributed by atoms with E-state index in [-0.39, 0.29) is 19.4 Å². The lowest BCUT2D eigenvalue weighted by Crippen LogP contribution is -2.58. The van der Waals surface area contributed by atoms with Gasteiger partial charge in [0, 0.05) is 23.6 Å². The van der Waals surface area contributed by atoms with Gasteiger partial charge in [-0.2, -0.15) is 0 Å². The maximum absolute atomic E-state index is 13.6. The molecule has 7 N–H and O–H groups in total. The zero-order valence-corrected chi connectivity index (χ0v) is 16.8. The van der Waals surface area contributed by atoms with Crippen LogP contribution in [-0.4, -0.2) is 79.9 Å². The molecule has 5 atom stereocenters. The van der Waals surface area contributed by atoms with Gasteiger partial charge in [0.05, 0.1) is 18.2 Å². The van der Waals surface area contributed by atoms with Crippen molar-refractivity contribution in [3.8, 4) is 0 Å². The molecule has 31 heavy (non-hydrogen) atoms. The number of nitrogens with one attached hydrogen (secondary N) is 2. The van der Waals surface area contributed by atoms with Crippen molar-refractivity contribution in [1.82, 2.24) is 15.2 Å². The normalized spacial score (nSPS) is 21.6. The van der Waals surface area contributed by atoms with Crippen molar-refractivity contribution >= 4 is 28.7 Å². The number of aromatic nitrogens is 1. The lowest BCUT2D eigenvalue weighted by Gasteiger charge is -2.29. The van der Waals surface area contributed by atoms with Crippen LogP contribution in [0.3, 0.4) is 0 Å². The van der Waals surface area contributed by atoms with Gasteiger partial charge in [-0.1, -0.05) is 0 Å². The number of benzene rings is 1. The first kappa shape index (κ1) is 22.7. The Labute approximate surface area is 176 Å². The summed E-state index contributed by atoms with van der Waals surface area (Å²) < 4.78 is 13.6. The van der Waals surface area contributed by atoms with Gasteiger partial charge >= 0.3 is 5.97 Å². The van der Waals surface area contributed by atoms with Gasteiger partial charge < -0.3 is 36.3 Å². The number of rotatable bonds is 7. The van der Waals surface area contributed by atoms with Gasteiger partial charge in [0.2, 0.25) is 11.8 Å². The number of aliphatic carboxylic acids is 1. The number of carboxylic acid groups (broad SMARTS) is 1. The highest BCUT2D eigenvalue weighted by Gasteiger charge is 2.43. The zero-order valence-electron chi connectivity index (χ0n) is 16.8. The minimum atomic E-state index is -1.59. The number of nitrogens with zero attached hydrogens (tertiary/aromatic N) is 1. The minimum Gasteiger partial charge on any atom is -0.480 e. The number of hydrogen-bond acceptors (Lipinski definition) is 6. The Morgan fingerprint density at radius 3 is 2.74 bits per heavy atom. The van der Waals surface area contributed by atoms with Gasteiger partial charge in [0.25, 0.3) is 0 Å². The van der Waals surface area contributed by atoms with E-state index in [0.717, 1.165) is 4.90 Å². The Hall–Kier alpha value is -3.02. The van der Waals surface area contributed by atoms with Crippen LogP contribution in [0.2, 0.25) is 0 Å². The summed E-state index contributed by atoms with van der Waals surface area (Å²) in [5.41, 5.74) is 7.38. The summed E-state index contributed by atoms with van der Waals surface area (Å²) in [5, 5.41) is 31.7. The Balaban J connectivity index is 1.75. The molecule has 0 aliphatic carbocycles. The Kier molecular flexibility index (Phi) is 6.58. The van der Waals surface area contributed by atoms with E-state index in [2.05, 4.69) is 10.3 Å². The van der Waals surface area contributed by atoms with Crippen LogP contribution in [0.25, 0.3) is 10.9 Å². The van der Waals surface area contributed by atoms with Crippen LogP contribution in [0.5, 0.6) is 0 Å². The van der Waals surface area contributed by atoms with E-state index in [1.165, 1.54) is 19.1 Å². The Bertz CT molecular complexity index is 993. The average Bonchev–Trinajstić information content (AvgIpc) is 3.28. The third-order valence-electron chi connectivity index (χ3n) is 5.45. The molecule has 1 aliphatic rings. The molecule has 1 fully saturated rings. The first-order chi connectivity index (χ1) is 14.6. The predicted molar refractivity (Wildman–Crippen MR) is 107 cm³/mol. The second-order valence-electron chi connectivity index (χ2n) is 7.71. The number of amides is 2. The summed E-state index contributed by atoms with van der Waals surface area (Å²) in [4.78, 5) is 40.9. The van der Waals surface area contributed by atoms with E-state index in [4.69, 9.17) is 10.8 Å². The molecule has 168 valence electrons. The molecule has 1 aliphatic heterocycles. The smallest absolute Gasteiger partial charge is 0.328 e. The van der Waals surface area contributed by atoms with Crippen LogP contribution >= 0.6 is 0 Å². The number of carbonyl (C=O) groups excluding carboxylic acids is 2. The van der Waals surface area contributed by atoms with Crippen LogP contribution in [0, 0.1) is 5.82 Å². The number of nitrogens with two attached hydrogens (primary N) is 1. The van der Waals surface area contributed by atoms with E-state index in [9.17, 15) is 29.0 Å². The number of aromatic amines is 1. The van der Waals surface area contributed by atoms with Crippen LogP contribution in [-0.2, 0) is 20.8 Å². The molecule has 11 heteroatoms. The second-order valence-corrected chi connectivity index (χ2v) is 7.71. The number of carboxylic acids is 1. The highest BCUT2D eigenvalue weighted by molar-refractivity contribution is 5.93. The third-order valence-corrected chi connectivity index (χ3v) is 5.45. The summed E-state index contributed by atoms with van der Waals surface area (Å²) in [5.74, 6) is -3.38. The average molecular weight is 436 g/mol. The lowest BCUT2D eigenvalue weighted by atomic mass is 10.0. The predicted octanol–water partition coefficient (Wildman–Crippen LogP) is -0.911. The monoisotopic (exact) mass is 436 g/mol. The molecule has 1 aromatic carbocycles. The van der Waals surface area contributed by atoms with Crippen LogP contribution in [0.1, 0.15) is 18.9 Å². The standard InChI is InChI=1S/C20H25FN4O6/c1-9(26)16(20(30)31)24-18(28)17-15(27)4-5-25(17)19(29)13(22)6-10-8-23-14-3-2-11(21)7-12(10)14/h2-3,7-9,13,15-17,23,26-27H,4-6,22H2,1H3,(H,24,28)(H,30,31)/t9-,13+,15+,16+,17+/m1/s1. The largest absolute Gasteiger partial charge is 0.480 e. The Morgan fingerprint density at radius 1 is 1.39 bits per heavy atom. The van der Waals surface area contributed by atoms with Crippen molar-refractivity contribution in [3.63, 3.8) is 0 Å². The van der Waals surface area contributed by atoms with Gasteiger partial charge in [-0.15, -0.1) is 0 Å². The number of aliphatic hydroxyl groups excluding tert-OH is 2. The van der Waals surface area contributed by atoms with Gasteiger partial charge in [-0.3, -0.25) is 9.59 Å². The van der Waals surface area contributed by atoms with E-state index < -0.39 is 53.9 Å². The second kappa shape index (κ2) is 9.00. The topological polar surface area (TPSA) is 169 Å². The first-order valence-corrected chi connectivity index (χ1v) is 9.81. The highest BCUT2D eigenvalue weighted by Crippen LogP contribution is 2.23. The number of hydrogen-bond donors (Lipinski definition) is 6. The fraction of sp³-hybridized carbons (Fsp3) is 0.450. The molecular formula is C20H25FN4O6. The van der Waals surface area contributed by atoms with Gasteiger partial charge in [0.15, 0.2) is 6.04 Å². The summed E-state index contributed by atoms with van der Waals surface area (Å²) >= 11 is 0. The first-order valence-electron chi connectivity index (χ1n) is 9.81. The van der Waals surface area contributed by atoms with Crippen molar-refractivity contribution < 1.29 is 34.1 Å². The number of likely N-dealkylation sites (tertiary alicyclic amines) is 1. The van der Waals surface area contributed by atoms with Gasteiger partial charge in [-0.25, -0.2) is 9.18 Å². The van der Waals surface area contributed by atoms with Crippen molar-refractivity contribution in [2.24, 2.45) is 5.73 Å². The number of carbonyl (C=O) groups is 3. The number of H-pyrrole nitrogens is 1. The summed E-state index contributed by atoms with van der Waals surface area (Å²) in [6.45, 7) is 1.26. The van der Waals surface area contributed by atoms with Crippen molar-refractivity contribution in [1.29, 1.82) is 0 Å². The molecule has 0 bridgehead atoms. The van der Waals surface area contributed by atoms with Gasteiger partial charge in [-0.05, 0) is 43.5 Å². The molecule has 2 amide bonds. The maximum Gasteiger partial charge on any atom is 0.328 e. The molecule has 1 saturated heterocycles. The van der Waals surface area contributed by atoms with Crippen LogP contribution < -0.4 is 11.1 Å². The highest BCUT2D eigenvalue weighted by atomic mass is 19.1. The number of halogens is 1. The zero-order chi connectivity index (χ0) is 22.9. The number of aliphatic hydroxyl groups is 2. The summed E-state index contributed by atoms with van der Waals surface area (Å²) in [6, 6.07) is 0.206. The molecular weight excluding hydrogens is 411 g/mol. The van der Waals surface area contributed by atoms with Crippen LogP contribution in [0.4, 0.5) is 4.39 Å². The molecule has 3 rings (SSSR count). The molecule has 0 radical (unpaired) electrons. The molecule has 2 heterocycles. The van der Waals surface area contributed by atoms with E-state index in [1.54, 1.807) is 12.3 Å². The molecule has 1 aromatic heterocycles. The van der Waals surface area contributed by atoms with Crippen LogP contribution in [0.15, 0.2) is 24.4 Å².